The second kappa shape index (κ2) is 8.27. The molecular formula is C17H15Cl2FN2O3. The fraction of sp³-hybridized carbons (Fsp3) is 0.235. The Hall–Kier alpha value is -2.18. The number of carbonyl (C=O) groups is 2. The summed E-state index contributed by atoms with van der Waals surface area (Å²) < 4.78 is 18.3. The molecule has 8 heteroatoms. The zero-order valence-corrected chi connectivity index (χ0v) is 15.0. The summed E-state index contributed by atoms with van der Waals surface area (Å²) in [5.74, 6) is -1.55. The van der Waals surface area contributed by atoms with Crippen molar-refractivity contribution in [2.24, 2.45) is 0 Å². The highest BCUT2D eigenvalue weighted by molar-refractivity contribution is 6.41. The highest BCUT2D eigenvalue weighted by Crippen LogP contribution is 2.20. The van der Waals surface area contributed by atoms with E-state index in [1.54, 1.807) is 12.1 Å². The minimum absolute atomic E-state index is 0.0668. The maximum atomic E-state index is 13.2. The van der Waals surface area contributed by atoms with Gasteiger partial charge < -0.3 is 9.64 Å². The first-order chi connectivity index (χ1) is 11.8. The lowest BCUT2D eigenvalue weighted by atomic mass is 10.2. The van der Waals surface area contributed by atoms with E-state index in [9.17, 15) is 14.0 Å². The van der Waals surface area contributed by atoms with E-state index in [0.29, 0.717) is 5.56 Å². The van der Waals surface area contributed by atoms with Crippen molar-refractivity contribution in [3.8, 4) is 0 Å². The van der Waals surface area contributed by atoms with E-state index in [2.05, 4.69) is 4.98 Å². The minimum atomic E-state index is -1.03. The van der Waals surface area contributed by atoms with Crippen LogP contribution in [0.2, 0.25) is 10.2 Å². The van der Waals surface area contributed by atoms with Gasteiger partial charge in [-0.1, -0.05) is 35.3 Å². The molecule has 2 rings (SSSR count). The highest BCUT2D eigenvalue weighted by atomic mass is 35.5. The Kier molecular flexibility index (Phi) is 6.33. The van der Waals surface area contributed by atoms with Gasteiger partial charge in [0.25, 0.3) is 5.91 Å². The van der Waals surface area contributed by atoms with Gasteiger partial charge in [-0.05, 0) is 30.7 Å². The average Bonchev–Trinajstić information content (AvgIpc) is 2.56. The molecular weight excluding hydrogens is 370 g/mol. The van der Waals surface area contributed by atoms with Gasteiger partial charge in [-0.2, -0.15) is 0 Å². The van der Waals surface area contributed by atoms with Crippen molar-refractivity contribution >= 4 is 35.1 Å². The number of pyridine rings is 1. The van der Waals surface area contributed by atoms with Gasteiger partial charge in [-0.25, -0.2) is 14.2 Å². The average molecular weight is 385 g/mol. The lowest BCUT2D eigenvalue weighted by Gasteiger charge is -2.21. The Morgan fingerprint density at radius 1 is 1.32 bits per heavy atom. The zero-order chi connectivity index (χ0) is 18.6. The van der Waals surface area contributed by atoms with Crippen LogP contribution < -0.4 is 0 Å². The van der Waals surface area contributed by atoms with Crippen LogP contribution in [-0.2, 0) is 16.1 Å². The molecule has 1 amide bonds. The summed E-state index contributed by atoms with van der Waals surface area (Å²) in [4.78, 5) is 29.5. The topological polar surface area (TPSA) is 59.5 Å². The number of likely N-dealkylation sites (N-methyl/N-ethyl adjacent to an activating group) is 1. The maximum absolute atomic E-state index is 13.2. The quantitative estimate of drug-likeness (QED) is 0.581. The first kappa shape index (κ1) is 19.1. The SMILES string of the molecule is CC(OC(=O)c1cnc(Cl)c(Cl)c1)C(=O)N(C)Cc1cccc(F)c1. The van der Waals surface area contributed by atoms with Crippen LogP contribution in [0.5, 0.6) is 0 Å². The molecule has 1 aromatic heterocycles. The first-order valence-corrected chi connectivity index (χ1v) is 8.05. The summed E-state index contributed by atoms with van der Waals surface area (Å²) in [6, 6.07) is 7.23. The van der Waals surface area contributed by atoms with Crippen molar-refractivity contribution in [2.75, 3.05) is 7.05 Å². The van der Waals surface area contributed by atoms with Gasteiger partial charge in [0.15, 0.2) is 6.10 Å². The van der Waals surface area contributed by atoms with Gasteiger partial charge in [0.05, 0.1) is 10.6 Å². The summed E-state index contributed by atoms with van der Waals surface area (Å²) in [5, 5.41) is 0.176. The van der Waals surface area contributed by atoms with Crippen molar-refractivity contribution in [2.45, 2.75) is 19.6 Å². The molecule has 0 spiro atoms. The molecule has 0 bridgehead atoms. The fourth-order valence-electron chi connectivity index (χ4n) is 2.11. The summed E-state index contributed by atoms with van der Waals surface area (Å²) in [6.45, 7) is 1.64. The van der Waals surface area contributed by atoms with Crippen LogP contribution >= 0.6 is 23.2 Å². The van der Waals surface area contributed by atoms with Gasteiger partial charge in [0.2, 0.25) is 0 Å². The van der Waals surface area contributed by atoms with E-state index >= 15 is 0 Å². The number of aromatic nitrogens is 1. The zero-order valence-electron chi connectivity index (χ0n) is 13.5. The molecule has 25 heavy (non-hydrogen) atoms. The lowest BCUT2D eigenvalue weighted by molar-refractivity contribution is -0.139. The van der Waals surface area contributed by atoms with Crippen LogP contribution in [0.4, 0.5) is 4.39 Å². The Labute approximate surface area is 154 Å². The number of nitrogens with zero attached hydrogens (tertiary/aromatic N) is 2. The van der Waals surface area contributed by atoms with Crippen molar-refractivity contribution in [1.29, 1.82) is 0 Å². The molecule has 0 saturated carbocycles. The predicted molar refractivity (Wildman–Crippen MR) is 92.0 cm³/mol. The van der Waals surface area contributed by atoms with Gasteiger partial charge >= 0.3 is 5.97 Å². The molecule has 1 heterocycles. The van der Waals surface area contributed by atoms with Gasteiger partial charge in [-0.3, -0.25) is 4.79 Å². The molecule has 0 fully saturated rings. The molecule has 0 aliphatic rings. The summed E-state index contributed by atoms with van der Waals surface area (Å²) in [7, 11) is 1.54. The van der Waals surface area contributed by atoms with E-state index in [1.165, 1.54) is 43.3 Å². The molecule has 0 aliphatic heterocycles. The van der Waals surface area contributed by atoms with Crippen molar-refractivity contribution in [1.82, 2.24) is 9.88 Å². The van der Waals surface area contributed by atoms with Crippen LogP contribution in [0, 0.1) is 5.82 Å². The van der Waals surface area contributed by atoms with Crippen molar-refractivity contribution in [3.63, 3.8) is 0 Å². The van der Waals surface area contributed by atoms with Gasteiger partial charge in [-0.15, -0.1) is 0 Å². The number of carbonyl (C=O) groups excluding carboxylic acids is 2. The molecule has 0 aliphatic carbocycles. The second-order valence-electron chi connectivity index (χ2n) is 5.37. The minimum Gasteiger partial charge on any atom is -0.449 e. The molecule has 1 aromatic carbocycles. The molecule has 132 valence electrons. The van der Waals surface area contributed by atoms with Crippen LogP contribution in [0.25, 0.3) is 0 Å². The number of ether oxygens (including phenoxy) is 1. The van der Waals surface area contributed by atoms with Crippen LogP contribution in [0.3, 0.4) is 0 Å². The standard InChI is InChI=1S/C17H15Cl2FN2O3/c1-10(25-17(24)12-7-14(18)15(19)21-8-12)16(23)22(2)9-11-4-3-5-13(20)6-11/h3-8,10H,9H2,1-2H3. The van der Waals surface area contributed by atoms with Crippen molar-refractivity contribution in [3.05, 3.63) is 63.6 Å². The monoisotopic (exact) mass is 384 g/mol. The summed E-state index contributed by atoms with van der Waals surface area (Å²) in [6.07, 6.45) is 0.185. The number of benzene rings is 1. The molecule has 0 N–H and O–H groups in total. The third-order valence-corrected chi connectivity index (χ3v) is 4.03. The number of halogens is 3. The van der Waals surface area contributed by atoms with E-state index in [1.807, 2.05) is 0 Å². The molecule has 1 unspecified atom stereocenters. The molecule has 1 atom stereocenters. The first-order valence-electron chi connectivity index (χ1n) is 7.29. The number of rotatable bonds is 5. The third-order valence-electron chi connectivity index (χ3n) is 3.35. The normalized spacial score (nSPS) is 11.7. The van der Waals surface area contributed by atoms with Crippen molar-refractivity contribution < 1.29 is 18.7 Å². The van der Waals surface area contributed by atoms with Gasteiger partial charge in [0.1, 0.15) is 11.0 Å². The molecule has 0 radical (unpaired) electrons. The molecule has 5 nitrogen and oxygen atoms in total. The van der Waals surface area contributed by atoms with Gasteiger partial charge in [0, 0.05) is 19.8 Å². The largest absolute Gasteiger partial charge is 0.449 e. The molecule has 0 saturated heterocycles. The Bertz CT molecular complexity index is 801. The smallest absolute Gasteiger partial charge is 0.340 e. The van der Waals surface area contributed by atoms with Crippen LogP contribution in [-0.4, -0.2) is 34.9 Å². The summed E-state index contributed by atoms with van der Waals surface area (Å²) >= 11 is 11.5. The van der Waals surface area contributed by atoms with E-state index in [0.717, 1.165) is 0 Å². The number of esters is 1. The number of hydrogen-bond acceptors (Lipinski definition) is 4. The predicted octanol–water partition coefficient (Wildman–Crippen LogP) is 3.73. The van der Waals surface area contributed by atoms with E-state index in [4.69, 9.17) is 27.9 Å². The fourth-order valence-corrected chi connectivity index (χ4v) is 2.38. The van der Waals surface area contributed by atoms with E-state index < -0.39 is 18.0 Å². The maximum Gasteiger partial charge on any atom is 0.340 e. The Balaban J connectivity index is 1.98. The molecule has 2 aromatic rings. The van der Waals surface area contributed by atoms with Crippen LogP contribution in [0.15, 0.2) is 36.5 Å². The number of hydrogen-bond donors (Lipinski definition) is 0. The lowest BCUT2D eigenvalue weighted by Crippen LogP contribution is -2.37. The third kappa shape index (κ3) is 5.14. The Morgan fingerprint density at radius 3 is 2.68 bits per heavy atom. The Morgan fingerprint density at radius 2 is 2.04 bits per heavy atom. The van der Waals surface area contributed by atoms with Crippen LogP contribution in [0.1, 0.15) is 22.8 Å². The van der Waals surface area contributed by atoms with E-state index in [-0.39, 0.29) is 28.1 Å². The number of amides is 1. The summed E-state index contributed by atoms with van der Waals surface area (Å²) in [5.41, 5.74) is 0.713. The highest BCUT2D eigenvalue weighted by Gasteiger charge is 2.23. The second-order valence-corrected chi connectivity index (χ2v) is 6.13.